The van der Waals surface area contributed by atoms with E-state index in [0.717, 1.165) is 16.6 Å². The maximum Gasteiger partial charge on any atom is 0.307 e. The van der Waals surface area contributed by atoms with Gasteiger partial charge in [-0.3, -0.25) is 9.78 Å². The Morgan fingerprint density at radius 1 is 1.30 bits per heavy atom. The maximum atomic E-state index is 11.0. The summed E-state index contributed by atoms with van der Waals surface area (Å²) in [6.07, 6.45) is 4.98. The topological polar surface area (TPSA) is 91.8 Å². The molecule has 0 radical (unpaired) electrons. The highest BCUT2D eigenvalue weighted by atomic mass is 16.4. The highest BCUT2D eigenvalue weighted by Gasteiger charge is 2.15. The van der Waals surface area contributed by atoms with Crippen LogP contribution in [0.15, 0.2) is 30.7 Å². The predicted molar refractivity (Wildman–Crippen MR) is 73.2 cm³/mol. The summed E-state index contributed by atoms with van der Waals surface area (Å²) in [5.74, 6) is -0.250. The van der Waals surface area contributed by atoms with E-state index in [2.05, 4.69) is 19.9 Å². The van der Waals surface area contributed by atoms with Crippen molar-refractivity contribution < 1.29 is 9.90 Å². The lowest BCUT2D eigenvalue weighted by Gasteiger charge is -2.05. The number of carbonyl (C=O) groups is 1. The van der Waals surface area contributed by atoms with Crippen molar-refractivity contribution in [2.45, 2.75) is 13.3 Å². The molecule has 0 unspecified atom stereocenters. The van der Waals surface area contributed by atoms with Crippen LogP contribution in [0.4, 0.5) is 0 Å². The van der Waals surface area contributed by atoms with Gasteiger partial charge in [0.1, 0.15) is 11.5 Å². The van der Waals surface area contributed by atoms with Crippen LogP contribution in [-0.4, -0.2) is 31.0 Å². The zero-order valence-corrected chi connectivity index (χ0v) is 10.8. The van der Waals surface area contributed by atoms with Crippen molar-refractivity contribution in [1.29, 1.82) is 0 Å². The van der Waals surface area contributed by atoms with Crippen molar-refractivity contribution in [2.75, 3.05) is 0 Å². The van der Waals surface area contributed by atoms with Crippen LogP contribution in [0.3, 0.4) is 0 Å². The number of aliphatic carboxylic acids is 1. The highest BCUT2D eigenvalue weighted by Crippen LogP contribution is 2.28. The van der Waals surface area contributed by atoms with Crippen LogP contribution in [0, 0.1) is 6.92 Å². The van der Waals surface area contributed by atoms with Gasteiger partial charge in [0.15, 0.2) is 0 Å². The molecule has 0 atom stereocenters. The first kappa shape index (κ1) is 12.3. The van der Waals surface area contributed by atoms with Crippen LogP contribution >= 0.6 is 0 Å². The molecule has 0 aliphatic rings. The molecule has 2 N–H and O–H groups in total. The van der Waals surface area contributed by atoms with E-state index in [0.29, 0.717) is 17.0 Å². The fourth-order valence-corrected chi connectivity index (χ4v) is 2.23. The van der Waals surface area contributed by atoms with E-state index in [9.17, 15) is 4.79 Å². The standard InChI is InChI=1S/C14H12N4O2/c1-8-17-13(9-2-4-15-5-3-9)12-10(6-11(19)20)7-16-14(12)18-8/h2-5,7H,6H2,1H3,(H,19,20)(H,16,17,18). The molecule has 0 aliphatic heterocycles. The minimum Gasteiger partial charge on any atom is -0.481 e. The molecule has 100 valence electrons. The number of hydrogen-bond donors (Lipinski definition) is 2. The summed E-state index contributed by atoms with van der Waals surface area (Å²) in [7, 11) is 0. The van der Waals surface area contributed by atoms with Gasteiger partial charge in [-0.15, -0.1) is 0 Å². The number of aryl methyl sites for hydroxylation is 1. The average molecular weight is 268 g/mol. The monoisotopic (exact) mass is 268 g/mol. The maximum absolute atomic E-state index is 11.0. The number of hydrogen-bond acceptors (Lipinski definition) is 4. The largest absolute Gasteiger partial charge is 0.481 e. The SMILES string of the molecule is Cc1nc(-c2ccncc2)c2c(CC(=O)O)c[nH]c2n1. The molecule has 3 aromatic heterocycles. The molecule has 3 heterocycles. The van der Waals surface area contributed by atoms with Crippen molar-refractivity contribution in [1.82, 2.24) is 19.9 Å². The van der Waals surface area contributed by atoms with Crippen molar-refractivity contribution in [2.24, 2.45) is 0 Å². The van der Waals surface area contributed by atoms with E-state index in [1.807, 2.05) is 19.1 Å². The number of fused-ring (bicyclic) bond motifs is 1. The summed E-state index contributed by atoms with van der Waals surface area (Å²) in [5, 5.41) is 9.75. The molecule has 0 bridgehead atoms. The smallest absolute Gasteiger partial charge is 0.307 e. The van der Waals surface area contributed by atoms with Gasteiger partial charge in [-0.05, 0) is 24.6 Å². The van der Waals surface area contributed by atoms with Crippen molar-refractivity contribution in [3.63, 3.8) is 0 Å². The van der Waals surface area contributed by atoms with E-state index in [-0.39, 0.29) is 6.42 Å². The molecule has 0 fully saturated rings. The Morgan fingerprint density at radius 3 is 2.75 bits per heavy atom. The number of aromatic nitrogens is 4. The summed E-state index contributed by atoms with van der Waals surface area (Å²) in [4.78, 5) is 26.7. The highest BCUT2D eigenvalue weighted by molar-refractivity contribution is 5.95. The Morgan fingerprint density at radius 2 is 2.05 bits per heavy atom. The molecule has 20 heavy (non-hydrogen) atoms. The summed E-state index contributed by atoms with van der Waals surface area (Å²) in [6.45, 7) is 1.81. The van der Waals surface area contributed by atoms with Crippen LogP contribution in [-0.2, 0) is 11.2 Å². The van der Waals surface area contributed by atoms with E-state index >= 15 is 0 Å². The van der Waals surface area contributed by atoms with Crippen molar-refractivity contribution >= 4 is 17.0 Å². The van der Waals surface area contributed by atoms with E-state index in [1.165, 1.54) is 0 Å². The van der Waals surface area contributed by atoms with Gasteiger partial charge >= 0.3 is 5.97 Å². The molecule has 0 saturated heterocycles. The minimum absolute atomic E-state index is 0.0650. The lowest BCUT2D eigenvalue weighted by atomic mass is 10.1. The average Bonchev–Trinajstić information content (AvgIpc) is 2.81. The Kier molecular flexibility index (Phi) is 2.90. The van der Waals surface area contributed by atoms with Crippen LogP contribution in [0.25, 0.3) is 22.3 Å². The lowest BCUT2D eigenvalue weighted by molar-refractivity contribution is -0.136. The molecular weight excluding hydrogens is 256 g/mol. The molecule has 3 aromatic rings. The van der Waals surface area contributed by atoms with Gasteiger partial charge in [0.2, 0.25) is 0 Å². The number of rotatable bonds is 3. The molecule has 3 rings (SSSR count). The van der Waals surface area contributed by atoms with Crippen molar-refractivity contribution in [3.8, 4) is 11.3 Å². The summed E-state index contributed by atoms with van der Waals surface area (Å²) < 4.78 is 0. The minimum atomic E-state index is -0.882. The first-order valence-electron chi connectivity index (χ1n) is 6.12. The van der Waals surface area contributed by atoms with Crippen LogP contribution in [0.2, 0.25) is 0 Å². The molecule has 6 heteroatoms. The van der Waals surface area contributed by atoms with Gasteiger partial charge in [0, 0.05) is 29.5 Å². The second-order valence-corrected chi connectivity index (χ2v) is 4.46. The third kappa shape index (κ3) is 2.11. The Labute approximate surface area is 114 Å². The van der Waals surface area contributed by atoms with Crippen LogP contribution < -0.4 is 0 Å². The molecule has 0 saturated carbocycles. The number of carboxylic acids is 1. The summed E-state index contributed by atoms with van der Waals surface area (Å²) in [5.41, 5.74) is 2.95. The van der Waals surface area contributed by atoms with Gasteiger partial charge < -0.3 is 10.1 Å². The zero-order valence-electron chi connectivity index (χ0n) is 10.8. The third-order valence-electron chi connectivity index (χ3n) is 3.02. The molecule has 0 spiro atoms. The molecule has 0 aliphatic carbocycles. The van der Waals surface area contributed by atoms with Crippen molar-refractivity contribution in [3.05, 3.63) is 42.1 Å². The molecule has 0 amide bonds. The first-order valence-corrected chi connectivity index (χ1v) is 6.12. The van der Waals surface area contributed by atoms with Crippen LogP contribution in [0.5, 0.6) is 0 Å². The lowest BCUT2D eigenvalue weighted by Crippen LogP contribution is -2.00. The van der Waals surface area contributed by atoms with Gasteiger partial charge in [-0.2, -0.15) is 0 Å². The Hall–Kier alpha value is -2.76. The predicted octanol–water partition coefficient (Wildman–Crippen LogP) is 1.96. The summed E-state index contributed by atoms with van der Waals surface area (Å²) in [6, 6.07) is 3.69. The van der Waals surface area contributed by atoms with E-state index < -0.39 is 5.97 Å². The molecular formula is C14H12N4O2. The molecule has 6 nitrogen and oxygen atoms in total. The number of H-pyrrole nitrogens is 1. The first-order chi connectivity index (χ1) is 9.65. The number of nitrogens with one attached hydrogen (secondary N) is 1. The van der Waals surface area contributed by atoms with Gasteiger partial charge in [-0.1, -0.05) is 0 Å². The third-order valence-corrected chi connectivity index (χ3v) is 3.02. The van der Waals surface area contributed by atoms with E-state index in [1.54, 1.807) is 18.6 Å². The fraction of sp³-hybridized carbons (Fsp3) is 0.143. The van der Waals surface area contributed by atoms with Gasteiger partial charge in [0.25, 0.3) is 0 Å². The normalized spacial score (nSPS) is 10.8. The molecule has 0 aromatic carbocycles. The summed E-state index contributed by atoms with van der Waals surface area (Å²) >= 11 is 0. The number of pyridine rings is 1. The Bertz CT molecular complexity index is 780. The quantitative estimate of drug-likeness (QED) is 0.757. The Balaban J connectivity index is 2.29. The number of carboxylic acid groups (broad SMARTS) is 1. The van der Waals surface area contributed by atoms with Gasteiger partial charge in [-0.25, -0.2) is 9.97 Å². The number of nitrogens with zero attached hydrogens (tertiary/aromatic N) is 3. The fourth-order valence-electron chi connectivity index (χ4n) is 2.23. The van der Waals surface area contributed by atoms with Crippen LogP contribution in [0.1, 0.15) is 11.4 Å². The van der Waals surface area contributed by atoms with E-state index in [4.69, 9.17) is 5.11 Å². The number of aromatic amines is 1. The zero-order chi connectivity index (χ0) is 14.1. The second-order valence-electron chi connectivity index (χ2n) is 4.46. The second kappa shape index (κ2) is 4.73. The van der Waals surface area contributed by atoms with Gasteiger partial charge in [0.05, 0.1) is 12.1 Å².